The smallest absolute Gasteiger partial charge is 0.311 e. The van der Waals surface area contributed by atoms with Gasteiger partial charge in [0.05, 0.1) is 0 Å². The third-order valence-electron chi connectivity index (χ3n) is 2.05. The van der Waals surface area contributed by atoms with Gasteiger partial charge in [-0.3, -0.25) is 0 Å². The summed E-state index contributed by atoms with van der Waals surface area (Å²) in [7, 11) is 0. The van der Waals surface area contributed by atoms with Crippen molar-refractivity contribution in [3.8, 4) is 6.07 Å². The number of rotatable bonds is 5. The fourth-order valence-electron chi connectivity index (χ4n) is 0.890. The van der Waals surface area contributed by atoms with Crippen LogP contribution in [0.3, 0.4) is 0 Å². The van der Waals surface area contributed by atoms with E-state index >= 15 is 0 Å². The summed E-state index contributed by atoms with van der Waals surface area (Å²) < 4.78 is 42.9. The molecule has 0 amide bonds. The van der Waals surface area contributed by atoms with E-state index < -0.39 is 17.2 Å². The molecule has 0 aliphatic carbocycles. The van der Waals surface area contributed by atoms with E-state index in [0.717, 1.165) is 6.42 Å². The van der Waals surface area contributed by atoms with Gasteiger partial charge >= 0.3 is 6.18 Å². The first kappa shape index (κ1) is 17.2. The number of alkyl halides is 3. The molecule has 2 nitrogen and oxygen atoms in total. The molecule has 0 saturated carbocycles. The van der Waals surface area contributed by atoms with Crippen LogP contribution in [0.1, 0.15) is 27.2 Å². The molecule has 0 radical (unpaired) electrons. The Morgan fingerprint density at radius 3 is 2.29 bits per heavy atom. The summed E-state index contributed by atoms with van der Waals surface area (Å²) in [6.07, 6.45) is -3.95. The molecule has 0 heterocycles. The molecule has 3 unspecified atom stereocenters. The molecule has 0 fully saturated rings. The third kappa shape index (κ3) is 5.17. The van der Waals surface area contributed by atoms with Crippen molar-refractivity contribution >= 4 is 28.7 Å². The second kappa shape index (κ2) is 5.92. The summed E-state index contributed by atoms with van der Waals surface area (Å²) in [6.45, 7) is 5.98. The molecule has 0 aromatic carbocycles. The molecule has 0 N–H and O–H groups in total. The molecule has 0 aromatic heterocycles. The molecule has 0 aliphatic heterocycles. The Kier molecular flexibility index (Phi) is 6.00. The van der Waals surface area contributed by atoms with Gasteiger partial charge in [-0.25, -0.2) is 0 Å². The highest BCUT2D eigenvalue weighted by molar-refractivity contribution is 8.69. The minimum absolute atomic E-state index is 0.113. The Hall–Kier alpha value is 0.240. The molecule has 0 rings (SSSR count). The lowest BCUT2D eigenvalue weighted by atomic mass is 10.1. The van der Waals surface area contributed by atoms with E-state index in [4.69, 9.17) is 21.6 Å². The maximum atomic E-state index is 12.7. The Bertz CT molecular complexity index is 355. The predicted octanol–water partition coefficient (Wildman–Crippen LogP) is 4.32. The van der Waals surface area contributed by atoms with Gasteiger partial charge in [-0.15, -0.1) is 0 Å². The Labute approximate surface area is 109 Å². The van der Waals surface area contributed by atoms with Crippen molar-refractivity contribution in [2.24, 2.45) is 0 Å². The van der Waals surface area contributed by atoms with E-state index in [0.29, 0.717) is 6.92 Å². The van der Waals surface area contributed by atoms with Crippen LogP contribution >= 0.6 is 16.8 Å². The second-order valence-electron chi connectivity index (χ2n) is 3.83. The number of nitrogens with zero attached hydrogens (tertiary/aromatic N) is 1. The van der Waals surface area contributed by atoms with E-state index in [1.807, 2.05) is 13.8 Å². The van der Waals surface area contributed by atoms with Crippen LogP contribution < -0.4 is 0 Å². The van der Waals surface area contributed by atoms with Gasteiger partial charge in [0.1, 0.15) is 11.5 Å². The first-order valence-electron chi connectivity index (χ1n) is 4.92. The van der Waals surface area contributed by atoms with Gasteiger partial charge in [-0.05, 0) is 20.0 Å². The normalized spacial score (nSPS) is 21.1. The fraction of sp³-hybridized carbons (Fsp3) is 0.889. The Morgan fingerprint density at radius 2 is 2.00 bits per heavy atom. The van der Waals surface area contributed by atoms with Gasteiger partial charge in [-0.2, -0.15) is 18.4 Å². The zero-order valence-electron chi connectivity index (χ0n) is 10.0. The molecule has 0 bridgehead atoms. The summed E-state index contributed by atoms with van der Waals surface area (Å²) in [5.74, 6) is 0. The number of hydrogen-bond donors (Lipinski definition) is 0. The van der Waals surface area contributed by atoms with Crippen LogP contribution in [0.5, 0.6) is 0 Å². The number of hydrogen-bond acceptors (Lipinski definition) is 4. The van der Waals surface area contributed by atoms with E-state index in [1.54, 1.807) is 0 Å². The molecule has 0 aromatic rings. The zero-order valence-corrected chi connectivity index (χ0v) is 12.6. The maximum Gasteiger partial charge on any atom is 0.431 e. The van der Waals surface area contributed by atoms with Crippen molar-refractivity contribution in [2.75, 3.05) is 6.66 Å². The second-order valence-corrected chi connectivity index (χ2v) is 12.1. The highest BCUT2D eigenvalue weighted by Crippen LogP contribution is 2.62. The first-order chi connectivity index (χ1) is 7.47. The minimum Gasteiger partial charge on any atom is -0.311 e. The summed E-state index contributed by atoms with van der Waals surface area (Å²) >= 11 is 6.28. The summed E-state index contributed by atoms with van der Waals surface area (Å²) in [6, 6.07) is 1.17. The molecule has 0 saturated heterocycles. The molecule has 17 heavy (non-hydrogen) atoms. The Balaban J connectivity index is 4.93. The van der Waals surface area contributed by atoms with Crippen LogP contribution in [0.4, 0.5) is 13.2 Å². The summed E-state index contributed by atoms with van der Waals surface area (Å²) in [5, 5.41) is 8.76. The van der Waals surface area contributed by atoms with Crippen LogP contribution in [0.15, 0.2) is 0 Å². The SMILES string of the molecule is CCC(C)SP(C)(=S)OC(C)(C#N)C(F)(F)F. The molecule has 0 aliphatic rings. The molecule has 100 valence electrons. The molecular formula is C9H15F3NOPS2. The van der Waals surface area contributed by atoms with Crippen LogP contribution in [-0.4, -0.2) is 23.7 Å². The maximum absolute atomic E-state index is 12.7. The summed E-state index contributed by atoms with van der Waals surface area (Å²) in [5.41, 5.74) is -5.51. The van der Waals surface area contributed by atoms with Gasteiger partial charge in [-0.1, -0.05) is 37.0 Å². The van der Waals surface area contributed by atoms with Crippen LogP contribution in [0.2, 0.25) is 0 Å². The molecule has 3 atom stereocenters. The molecular weight excluding hydrogens is 290 g/mol. The average molecular weight is 305 g/mol. The van der Waals surface area contributed by atoms with Gasteiger partial charge in [0, 0.05) is 5.25 Å². The number of halogens is 3. The van der Waals surface area contributed by atoms with Crippen molar-refractivity contribution < 1.29 is 17.7 Å². The minimum atomic E-state index is -4.74. The van der Waals surface area contributed by atoms with Crippen LogP contribution in [0.25, 0.3) is 0 Å². The van der Waals surface area contributed by atoms with E-state index in [1.165, 1.54) is 24.1 Å². The summed E-state index contributed by atoms with van der Waals surface area (Å²) in [4.78, 5) is 0. The van der Waals surface area contributed by atoms with Crippen molar-refractivity contribution in [2.45, 2.75) is 44.2 Å². The standard InChI is InChI=1S/C9H15F3NOPS2/c1-5-7(2)17-15(4,16)14-8(3,6-13)9(10,11)12/h7H,5H2,1-4H3. The quantitative estimate of drug-likeness (QED) is 0.708. The van der Waals surface area contributed by atoms with Crippen LogP contribution in [-0.2, 0) is 16.3 Å². The highest BCUT2D eigenvalue weighted by atomic mass is 32.9. The van der Waals surface area contributed by atoms with E-state index in [2.05, 4.69) is 0 Å². The average Bonchev–Trinajstić information content (AvgIpc) is 2.14. The van der Waals surface area contributed by atoms with Crippen molar-refractivity contribution in [3.63, 3.8) is 0 Å². The lowest BCUT2D eigenvalue weighted by Gasteiger charge is -2.31. The van der Waals surface area contributed by atoms with Crippen molar-refractivity contribution in [1.29, 1.82) is 5.26 Å². The van der Waals surface area contributed by atoms with Crippen molar-refractivity contribution in [1.82, 2.24) is 0 Å². The highest BCUT2D eigenvalue weighted by Gasteiger charge is 2.55. The van der Waals surface area contributed by atoms with Gasteiger partial charge in [0.15, 0.2) is 0 Å². The first-order valence-corrected chi connectivity index (χ1v) is 9.57. The van der Waals surface area contributed by atoms with Crippen molar-refractivity contribution in [3.05, 3.63) is 0 Å². The lowest BCUT2D eigenvalue weighted by Crippen LogP contribution is -2.42. The van der Waals surface area contributed by atoms with Gasteiger partial charge in [0.2, 0.25) is 0 Å². The monoisotopic (exact) mass is 305 g/mol. The number of nitriles is 1. The Morgan fingerprint density at radius 1 is 1.53 bits per heavy atom. The fourth-order valence-corrected chi connectivity index (χ4v) is 7.30. The van der Waals surface area contributed by atoms with Gasteiger partial charge in [0.25, 0.3) is 5.60 Å². The van der Waals surface area contributed by atoms with Gasteiger partial charge < -0.3 is 4.52 Å². The third-order valence-corrected chi connectivity index (χ3v) is 7.27. The molecule has 8 heteroatoms. The van der Waals surface area contributed by atoms with Crippen LogP contribution in [0, 0.1) is 11.3 Å². The largest absolute Gasteiger partial charge is 0.431 e. The molecule has 0 spiro atoms. The van der Waals surface area contributed by atoms with E-state index in [-0.39, 0.29) is 5.25 Å². The topological polar surface area (TPSA) is 33.0 Å². The predicted molar refractivity (Wildman–Crippen MR) is 68.7 cm³/mol. The van der Waals surface area contributed by atoms with E-state index in [9.17, 15) is 13.2 Å². The lowest BCUT2D eigenvalue weighted by molar-refractivity contribution is -0.216. The zero-order chi connectivity index (χ0) is 13.9.